The molecule has 1 heterocycles. The number of Topliss-reactive ketones (excluding diaryl/α,β-unsaturated/α-hetero) is 4. The van der Waals surface area contributed by atoms with Crippen LogP contribution in [0, 0.1) is 23.7 Å². The molecule has 4 aliphatic rings. The van der Waals surface area contributed by atoms with E-state index in [2.05, 4.69) is 0 Å². The molecule has 210 valence electrons. The summed E-state index contributed by atoms with van der Waals surface area (Å²) in [6.07, 6.45) is -0.414. The molecule has 5 rings (SSSR count). The zero-order chi connectivity index (χ0) is 28.8. The molecule has 13 heteroatoms. The van der Waals surface area contributed by atoms with Crippen LogP contribution in [-0.2, 0) is 32.1 Å². The van der Waals surface area contributed by atoms with Crippen molar-refractivity contribution in [3.8, 4) is 5.75 Å². The standard InChI is InChI=1S/C26H28ClF2N3O7/c1-31(2)19-13-6-10-5-12-16(14(33)7-11(18(12)27)8-32-4-3-25(28,29)9-32)20(34)15(10)22(36)26(13,39)23(37)17(21(19)35)24(30)38/h7,10,13,15,17,19,33,39H,3-6,8-9H2,1-2H3,(H2,30,38)/t10-,13-,15?,17?,19-,26-/m0/s1. The van der Waals surface area contributed by atoms with Crippen molar-refractivity contribution in [3.05, 3.63) is 27.8 Å². The van der Waals surface area contributed by atoms with Gasteiger partial charge in [-0.15, -0.1) is 0 Å². The number of hydrogen-bond acceptors (Lipinski definition) is 9. The van der Waals surface area contributed by atoms with Crippen molar-refractivity contribution in [2.45, 2.75) is 43.4 Å². The Kier molecular flexibility index (Phi) is 6.49. The van der Waals surface area contributed by atoms with Gasteiger partial charge in [0.2, 0.25) is 5.91 Å². The summed E-state index contributed by atoms with van der Waals surface area (Å²) in [5.74, 6) is -14.4. The SMILES string of the molecule is CN(C)[C@@H]1C(=O)C(C(N)=O)C(=O)[C@@]2(O)C(=O)C3C(=O)c4c(O)cc(CN5CCC(F)(F)C5)c(Cl)c4C[C@H]3C[C@@H]12. The van der Waals surface area contributed by atoms with Gasteiger partial charge in [0.1, 0.15) is 5.75 Å². The summed E-state index contributed by atoms with van der Waals surface area (Å²) in [6.45, 7) is -0.335. The second-order valence-corrected chi connectivity index (χ2v) is 11.7. The van der Waals surface area contributed by atoms with Crippen LogP contribution < -0.4 is 5.73 Å². The molecule has 0 spiro atoms. The minimum Gasteiger partial charge on any atom is -0.507 e. The quantitative estimate of drug-likeness (QED) is 0.437. The third-order valence-electron chi connectivity index (χ3n) is 8.71. The van der Waals surface area contributed by atoms with Gasteiger partial charge < -0.3 is 15.9 Å². The highest BCUT2D eigenvalue weighted by Crippen LogP contribution is 2.52. The number of fused-ring (bicyclic) bond motifs is 3. The molecule has 39 heavy (non-hydrogen) atoms. The fraction of sp³-hybridized carbons (Fsp3) is 0.577. The Morgan fingerprint density at radius 2 is 1.90 bits per heavy atom. The normalized spacial score (nSPS) is 34.2. The molecule has 1 aliphatic heterocycles. The van der Waals surface area contributed by atoms with Gasteiger partial charge in [0, 0.05) is 30.5 Å². The second kappa shape index (κ2) is 9.12. The number of ketones is 4. The van der Waals surface area contributed by atoms with Crippen molar-refractivity contribution >= 4 is 40.6 Å². The Balaban J connectivity index is 1.56. The third kappa shape index (κ3) is 4.02. The van der Waals surface area contributed by atoms with Crippen LogP contribution in [0.3, 0.4) is 0 Å². The van der Waals surface area contributed by atoms with E-state index in [0.717, 1.165) is 0 Å². The number of phenolic OH excluding ortho intramolecular Hbond substituents is 1. The molecule has 0 radical (unpaired) electrons. The first-order valence-corrected chi connectivity index (χ1v) is 13.0. The lowest BCUT2D eigenvalue weighted by Gasteiger charge is -2.52. The topological polar surface area (TPSA) is 158 Å². The van der Waals surface area contributed by atoms with Gasteiger partial charge in [-0.2, -0.15) is 0 Å². The van der Waals surface area contributed by atoms with Crippen molar-refractivity contribution in [1.29, 1.82) is 0 Å². The number of carbonyl (C=O) groups is 5. The predicted octanol–water partition coefficient (Wildman–Crippen LogP) is 0.361. The van der Waals surface area contributed by atoms with E-state index in [0.29, 0.717) is 5.56 Å². The lowest BCUT2D eigenvalue weighted by atomic mass is 9.52. The number of alkyl halides is 2. The lowest BCUT2D eigenvalue weighted by Crippen LogP contribution is -2.74. The number of likely N-dealkylation sites (N-methyl/N-ethyl adjacent to an activating group) is 1. The van der Waals surface area contributed by atoms with Crippen LogP contribution in [0.25, 0.3) is 0 Å². The van der Waals surface area contributed by atoms with E-state index in [1.54, 1.807) is 0 Å². The number of amides is 1. The minimum atomic E-state index is -2.84. The maximum Gasteiger partial charge on any atom is 0.261 e. The van der Waals surface area contributed by atoms with E-state index in [4.69, 9.17) is 17.3 Å². The van der Waals surface area contributed by atoms with E-state index in [1.165, 1.54) is 30.0 Å². The number of likely N-dealkylation sites (tertiary alicyclic amines) is 1. The first-order valence-electron chi connectivity index (χ1n) is 12.6. The van der Waals surface area contributed by atoms with Crippen molar-refractivity contribution in [2.24, 2.45) is 29.4 Å². The number of phenols is 1. The van der Waals surface area contributed by atoms with E-state index in [-0.39, 0.29) is 48.5 Å². The molecule has 2 unspecified atom stereocenters. The van der Waals surface area contributed by atoms with Crippen LogP contribution >= 0.6 is 11.6 Å². The molecule has 1 aromatic carbocycles. The highest BCUT2D eigenvalue weighted by atomic mass is 35.5. The second-order valence-electron chi connectivity index (χ2n) is 11.3. The number of halogens is 3. The summed E-state index contributed by atoms with van der Waals surface area (Å²) in [7, 11) is 3.00. The van der Waals surface area contributed by atoms with Gasteiger partial charge in [-0.25, -0.2) is 8.78 Å². The number of benzene rings is 1. The number of hydrogen-bond donors (Lipinski definition) is 3. The Morgan fingerprint density at radius 3 is 2.46 bits per heavy atom. The molecule has 0 bridgehead atoms. The highest BCUT2D eigenvalue weighted by Gasteiger charge is 2.69. The number of aliphatic hydroxyl groups is 1. The van der Waals surface area contributed by atoms with Gasteiger partial charge in [0.15, 0.2) is 34.7 Å². The van der Waals surface area contributed by atoms with Gasteiger partial charge in [-0.3, -0.25) is 33.8 Å². The minimum absolute atomic E-state index is 0.00221. The van der Waals surface area contributed by atoms with E-state index < -0.39 is 82.6 Å². The molecular formula is C26H28ClF2N3O7. The van der Waals surface area contributed by atoms with Crippen molar-refractivity contribution in [2.75, 3.05) is 27.2 Å². The van der Waals surface area contributed by atoms with Crippen LogP contribution in [0.4, 0.5) is 8.78 Å². The molecule has 0 aromatic heterocycles. The molecule has 3 fully saturated rings. The van der Waals surface area contributed by atoms with Crippen LogP contribution in [0.2, 0.25) is 5.02 Å². The zero-order valence-electron chi connectivity index (χ0n) is 21.2. The van der Waals surface area contributed by atoms with Crippen LogP contribution in [0.15, 0.2) is 6.07 Å². The third-order valence-corrected chi connectivity index (χ3v) is 9.18. The number of carbonyl (C=O) groups excluding carboxylic acids is 5. The Bertz CT molecular complexity index is 1330. The summed E-state index contributed by atoms with van der Waals surface area (Å²) in [5.41, 5.74) is 2.84. The molecule has 6 atom stereocenters. The van der Waals surface area contributed by atoms with Crippen molar-refractivity contribution in [1.82, 2.24) is 9.80 Å². The van der Waals surface area contributed by atoms with Gasteiger partial charge in [0.25, 0.3) is 5.92 Å². The Morgan fingerprint density at radius 1 is 1.23 bits per heavy atom. The molecule has 3 aliphatic carbocycles. The summed E-state index contributed by atoms with van der Waals surface area (Å²) >= 11 is 6.65. The number of rotatable bonds is 4. The molecular weight excluding hydrogens is 540 g/mol. The van der Waals surface area contributed by atoms with Crippen LogP contribution in [-0.4, -0.2) is 93.8 Å². The van der Waals surface area contributed by atoms with E-state index in [9.17, 15) is 43.0 Å². The van der Waals surface area contributed by atoms with Crippen molar-refractivity contribution in [3.63, 3.8) is 0 Å². The average molecular weight is 568 g/mol. The number of nitrogens with two attached hydrogens (primary N) is 1. The van der Waals surface area contributed by atoms with Gasteiger partial charge in [0.05, 0.1) is 24.1 Å². The first-order chi connectivity index (χ1) is 18.1. The summed E-state index contributed by atoms with van der Waals surface area (Å²) in [4.78, 5) is 68.7. The maximum atomic E-state index is 13.8. The smallest absolute Gasteiger partial charge is 0.261 e. The van der Waals surface area contributed by atoms with Gasteiger partial charge in [-0.1, -0.05) is 11.6 Å². The maximum absolute atomic E-state index is 13.8. The molecule has 2 saturated carbocycles. The summed E-state index contributed by atoms with van der Waals surface area (Å²) < 4.78 is 27.4. The Hall–Kier alpha value is -2.80. The molecule has 4 N–H and O–H groups in total. The molecule has 1 aromatic rings. The molecule has 1 amide bonds. The number of aromatic hydroxyl groups is 1. The average Bonchev–Trinajstić information content (AvgIpc) is 3.17. The van der Waals surface area contributed by atoms with E-state index >= 15 is 0 Å². The largest absolute Gasteiger partial charge is 0.507 e. The monoisotopic (exact) mass is 567 g/mol. The van der Waals surface area contributed by atoms with Crippen molar-refractivity contribution < 1.29 is 43.0 Å². The number of nitrogens with zero attached hydrogens (tertiary/aromatic N) is 2. The molecule has 1 saturated heterocycles. The molecule has 10 nitrogen and oxygen atoms in total. The van der Waals surface area contributed by atoms with Gasteiger partial charge >= 0.3 is 0 Å². The van der Waals surface area contributed by atoms with E-state index in [1.807, 2.05) is 0 Å². The predicted molar refractivity (Wildman–Crippen MR) is 131 cm³/mol. The fourth-order valence-electron chi connectivity index (χ4n) is 7.01. The highest BCUT2D eigenvalue weighted by molar-refractivity contribution is 6.34. The number of primary amides is 1. The zero-order valence-corrected chi connectivity index (χ0v) is 22.0. The Labute approximate surface area is 227 Å². The summed E-state index contributed by atoms with van der Waals surface area (Å²) in [5, 5.41) is 22.5. The first kappa shape index (κ1) is 27.8. The lowest BCUT2D eigenvalue weighted by molar-refractivity contribution is -0.181. The van der Waals surface area contributed by atoms with Gasteiger partial charge in [-0.05, 0) is 50.0 Å². The van der Waals surface area contributed by atoms with Crippen LogP contribution in [0.5, 0.6) is 5.75 Å². The van der Waals surface area contributed by atoms with Crippen LogP contribution in [0.1, 0.15) is 34.3 Å². The fourth-order valence-corrected chi connectivity index (χ4v) is 7.29. The summed E-state index contributed by atoms with van der Waals surface area (Å²) in [6, 6.07) is -0.00493.